The van der Waals surface area contributed by atoms with Crippen LogP contribution in [0.25, 0.3) is 0 Å². The second-order valence-electron chi connectivity index (χ2n) is 3.48. The molecule has 8 heteroatoms. The highest BCUT2D eigenvalue weighted by molar-refractivity contribution is 7.99. The Morgan fingerprint density at radius 3 is 2.50 bits per heavy atom. The Labute approximate surface area is 96.2 Å². The molecule has 6 N–H and O–H groups in total. The molecule has 0 saturated carbocycles. The van der Waals surface area contributed by atoms with Crippen LogP contribution in [0.2, 0.25) is 0 Å². The number of hydrogen-bond donors (Lipinski definition) is 5. The molecule has 0 aromatic carbocycles. The zero-order valence-corrected chi connectivity index (χ0v) is 9.21. The van der Waals surface area contributed by atoms with Gasteiger partial charge in [0.25, 0.3) is 0 Å². The predicted molar refractivity (Wildman–Crippen MR) is 55.8 cm³/mol. The van der Waals surface area contributed by atoms with Crippen molar-refractivity contribution in [2.75, 3.05) is 12.4 Å². The highest BCUT2D eigenvalue weighted by Gasteiger charge is 2.42. The van der Waals surface area contributed by atoms with Crippen LogP contribution in [-0.4, -0.2) is 68.5 Å². The van der Waals surface area contributed by atoms with Gasteiger partial charge in [-0.25, -0.2) is 0 Å². The smallest absolute Gasteiger partial charge is 0.321 e. The second-order valence-corrected chi connectivity index (χ2v) is 4.62. The van der Waals surface area contributed by atoms with Crippen molar-refractivity contribution >= 4 is 17.7 Å². The van der Waals surface area contributed by atoms with Crippen LogP contribution in [0.3, 0.4) is 0 Å². The summed E-state index contributed by atoms with van der Waals surface area (Å²) in [7, 11) is 0. The lowest BCUT2D eigenvalue weighted by Crippen LogP contribution is -2.35. The first kappa shape index (κ1) is 13.7. The molecule has 16 heavy (non-hydrogen) atoms. The van der Waals surface area contributed by atoms with Gasteiger partial charge in [-0.3, -0.25) is 4.79 Å². The number of rotatable bonds is 5. The Bertz CT molecular complexity index is 253. The fourth-order valence-electron chi connectivity index (χ4n) is 1.27. The fourth-order valence-corrected chi connectivity index (χ4v) is 2.39. The lowest BCUT2D eigenvalue weighted by Gasteiger charge is -2.15. The van der Waals surface area contributed by atoms with Gasteiger partial charge in [0.2, 0.25) is 0 Å². The minimum absolute atomic E-state index is 0.0575. The molecular formula is C8H15NO6S. The molecule has 7 nitrogen and oxygen atoms in total. The fraction of sp³-hybridized carbons (Fsp3) is 0.875. The van der Waals surface area contributed by atoms with Crippen molar-refractivity contribution in [2.45, 2.75) is 29.8 Å². The predicted octanol–water partition coefficient (Wildman–Crippen LogP) is -2.43. The average molecular weight is 253 g/mol. The number of hydrogen-bond acceptors (Lipinski definition) is 7. The first-order valence-electron chi connectivity index (χ1n) is 4.69. The van der Waals surface area contributed by atoms with E-state index in [9.17, 15) is 15.0 Å². The van der Waals surface area contributed by atoms with E-state index in [1.165, 1.54) is 0 Å². The maximum Gasteiger partial charge on any atom is 0.321 e. The summed E-state index contributed by atoms with van der Waals surface area (Å²) < 4.78 is 5.13. The van der Waals surface area contributed by atoms with Crippen LogP contribution in [0.4, 0.5) is 0 Å². The van der Waals surface area contributed by atoms with Gasteiger partial charge in [-0.15, -0.1) is 11.8 Å². The number of ether oxygens (including phenoxy) is 1. The van der Waals surface area contributed by atoms with Crippen molar-refractivity contribution in [2.24, 2.45) is 5.73 Å². The van der Waals surface area contributed by atoms with Gasteiger partial charge in [-0.1, -0.05) is 0 Å². The van der Waals surface area contributed by atoms with Crippen LogP contribution in [0.1, 0.15) is 0 Å². The van der Waals surface area contributed by atoms with Gasteiger partial charge in [0, 0.05) is 5.75 Å². The van der Waals surface area contributed by atoms with E-state index < -0.39 is 42.4 Å². The highest BCUT2D eigenvalue weighted by Crippen LogP contribution is 2.29. The molecule has 0 amide bonds. The molecule has 1 saturated heterocycles. The van der Waals surface area contributed by atoms with E-state index in [1.54, 1.807) is 0 Å². The van der Waals surface area contributed by atoms with E-state index in [0.29, 0.717) is 0 Å². The van der Waals surface area contributed by atoms with E-state index in [1.807, 2.05) is 0 Å². The Morgan fingerprint density at radius 2 is 2.06 bits per heavy atom. The summed E-state index contributed by atoms with van der Waals surface area (Å²) >= 11 is 1.00. The maximum atomic E-state index is 10.4. The topological polar surface area (TPSA) is 133 Å². The van der Waals surface area contributed by atoms with Crippen molar-refractivity contribution < 1.29 is 30.0 Å². The van der Waals surface area contributed by atoms with E-state index in [4.69, 9.17) is 20.7 Å². The number of carboxylic acid groups (broad SMARTS) is 1. The molecule has 1 rings (SSSR count). The molecule has 0 aliphatic carbocycles. The van der Waals surface area contributed by atoms with Crippen LogP contribution >= 0.6 is 11.8 Å². The van der Waals surface area contributed by atoms with Crippen molar-refractivity contribution in [1.82, 2.24) is 0 Å². The van der Waals surface area contributed by atoms with Crippen LogP contribution < -0.4 is 5.73 Å². The van der Waals surface area contributed by atoms with Crippen LogP contribution in [-0.2, 0) is 9.53 Å². The number of aliphatic hydroxyl groups is 3. The van der Waals surface area contributed by atoms with Crippen molar-refractivity contribution in [1.29, 1.82) is 0 Å². The van der Waals surface area contributed by atoms with Crippen molar-refractivity contribution in [3.05, 3.63) is 0 Å². The van der Waals surface area contributed by atoms with Gasteiger partial charge in [0.1, 0.15) is 29.8 Å². The molecule has 0 bridgehead atoms. The third-order valence-corrected chi connectivity index (χ3v) is 3.53. The molecule has 0 aromatic heterocycles. The minimum Gasteiger partial charge on any atom is -0.480 e. The quantitative estimate of drug-likeness (QED) is 0.365. The van der Waals surface area contributed by atoms with E-state index >= 15 is 0 Å². The molecule has 94 valence electrons. The first-order chi connectivity index (χ1) is 7.47. The number of carbonyl (C=O) groups is 1. The summed E-state index contributed by atoms with van der Waals surface area (Å²) in [6.07, 6.45) is -3.15. The van der Waals surface area contributed by atoms with Crippen molar-refractivity contribution in [3.8, 4) is 0 Å². The molecule has 5 atom stereocenters. The normalized spacial score (nSPS) is 36.2. The summed E-state index contributed by atoms with van der Waals surface area (Å²) in [5, 5.41) is 36.3. The zero-order chi connectivity index (χ0) is 12.3. The minimum atomic E-state index is -1.16. The molecule has 1 unspecified atom stereocenters. The largest absolute Gasteiger partial charge is 0.480 e. The van der Waals surface area contributed by atoms with Gasteiger partial charge in [0.05, 0.1) is 6.61 Å². The zero-order valence-electron chi connectivity index (χ0n) is 8.39. The number of carboxylic acids is 1. The lowest BCUT2D eigenvalue weighted by atomic mass is 10.2. The first-order valence-corrected chi connectivity index (χ1v) is 5.74. The van der Waals surface area contributed by atoms with Gasteiger partial charge in [-0.2, -0.15) is 0 Å². The molecule has 1 heterocycles. The van der Waals surface area contributed by atoms with Crippen LogP contribution in [0.15, 0.2) is 0 Å². The number of aliphatic carboxylic acids is 1. The monoisotopic (exact) mass is 253 g/mol. The third kappa shape index (κ3) is 3.06. The third-order valence-electron chi connectivity index (χ3n) is 2.26. The standard InChI is InChI=1S/C8H15NO6S/c9-3(7(13)14)2-16-8-6(12)5(11)4(1-10)15-8/h3-6,8,10-12H,1-2,9H2,(H,13,14)/t3-,4+,5+,6+,8?/m0/s1. The number of aliphatic hydroxyl groups excluding tert-OH is 3. The van der Waals surface area contributed by atoms with E-state index in [-0.39, 0.29) is 5.75 Å². The van der Waals surface area contributed by atoms with Gasteiger partial charge in [0.15, 0.2) is 0 Å². The summed E-state index contributed by atoms with van der Waals surface area (Å²) in [6, 6.07) is -1.05. The highest BCUT2D eigenvalue weighted by atomic mass is 32.2. The Balaban J connectivity index is 2.41. The Hall–Kier alpha value is -0.380. The summed E-state index contributed by atoms with van der Waals surface area (Å²) in [5.74, 6) is -1.08. The van der Waals surface area contributed by atoms with Gasteiger partial charge in [-0.05, 0) is 0 Å². The summed E-state index contributed by atoms with van der Waals surface area (Å²) in [6.45, 7) is -0.403. The number of thioether (sulfide) groups is 1. The maximum absolute atomic E-state index is 10.4. The van der Waals surface area contributed by atoms with Crippen LogP contribution in [0.5, 0.6) is 0 Å². The molecule has 0 radical (unpaired) electrons. The van der Waals surface area contributed by atoms with E-state index in [0.717, 1.165) is 11.8 Å². The molecule has 1 fully saturated rings. The SMILES string of the molecule is N[C@@H](CSC1O[C@H](CO)[C@@H](O)[C@H]1O)C(=O)O. The van der Waals surface area contributed by atoms with Crippen molar-refractivity contribution in [3.63, 3.8) is 0 Å². The molecule has 0 spiro atoms. The van der Waals surface area contributed by atoms with Gasteiger partial charge >= 0.3 is 5.97 Å². The number of nitrogens with two attached hydrogens (primary N) is 1. The molecular weight excluding hydrogens is 238 g/mol. The second kappa shape index (κ2) is 5.80. The summed E-state index contributed by atoms with van der Waals surface area (Å²) in [4.78, 5) is 10.4. The molecule has 0 aromatic rings. The summed E-state index contributed by atoms with van der Waals surface area (Å²) in [5.41, 5.74) is 4.51. The molecule has 1 aliphatic heterocycles. The Morgan fingerprint density at radius 1 is 1.44 bits per heavy atom. The van der Waals surface area contributed by atoms with E-state index in [2.05, 4.69) is 0 Å². The average Bonchev–Trinajstić information content (AvgIpc) is 2.52. The Kier molecular flexibility index (Phi) is 4.96. The van der Waals surface area contributed by atoms with Gasteiger partial charge < -0.3 is 30.9 Å². The lowest BCUT2D eigenvalue weighted by molar-refractivity contribution is -0.137. The van der Waals surface area contributed by atoms with Crippen LogP contribution in [0, 0.1) is 0 Å². The molecule has 1 aliphatic rings.